The molecule has 2 heterocycles. The van der Waals surface area contributed by atoms with Crippen molar-refractivity contribution in [1.82, 2.24) is 14.9 Å². The number of hydrogen-bond acceptors (Lipinski definition) is 4. The number of rotatable bonds is 5. The molecule has 0 aliphatic carbocycles. The summed E-state index contributed by atoms with van der Waals surface area (Å²) in [6.45, 7) is 4.12. The Bertz CT molecular complexity index is 900. The van der Waals surface area contributed by atoms with Crippen molar-refractivity contribution in [3.8, 4) is 0 Å². The summed E-state index contributed by atoms with van der Waals surface area (Å²) >= 11 is 1.62. The molecule has 3 aromatic rings. The summed E-state index contributed by atoms with van der Waals surface area (Å²) < 4.78 is 1.46. The highest BCUT2D eigenvalue weighted by atomic mass is 32.1. The number of thiophene rings is 1. The van der Waals surface area contributed by atoms with E-state index < -0.39 is 0 Å². The quantitative estimate of drug-likeness (QED) is 0.776. The van der Waals surface area contributed by atoms with Crippen LogP contribution in [0.25, 0.3) is 11.0 Å². The molecule has 0 spiro atoms. The highest BCUT2D eigenvalue weighted by Gasteiger charge is 2.20. The molecular weight excluding hydrogens is 322 g/mol. The lowest BCUT2D eigenvalue weighted by Crippen LogP contribution is -2.36. The van der Waals surface area contributed by atoms with E-state index >= 15 is 0 Å². The van der Waals surface area contributed by atoms with Crippen LogP contribution in [0.15, 0.2) is 52.8 Å². The zero-order valence-electron chi connectivity index (χ0n) is 13.6. The number of nitrogens with zero attached hydrogens (tertiary/aromatic N) is 2. The van der Waals surface area contributed by atoms with E-state index in [0.717, 1.165) is 4.88 Å². The van der Waals surface area contributed by atoms with Crippen LogP contribution >= 0.6 is 11.3 Å². The topological polar surface area (TPSA) is 64.0 Å². The van der Waals surface area contributed by atoms with Gasteiger partial charge in [0.15, 0.2) is 0 Å². The van der Waals surface area contributed by atoms with Gasteiger partial charge in [-0.25, -0.2) is 4.98 Å². The van der Waals surface area contributed by atoms with Crippen molar-refractivity contribution >= 4 is 28.3 Å². The van der Waals surface area contributed by atoms with Crippen molar-refractivity contribution in [2.45, 2.75) is 26.4 Å². The molecule has 1 amide bonds. The van der Waals surface area contributed by atoms with Crippen LogP contribution in [0, 0.1) is 5.92 Å². The van der Waals surface area contributed by atoms with Gasteiger partial charge in [0, 0.05) is 4.88 Å². The summed E-state index contributed by atoms with van der Waals surface area (Å²) in [7, 11) is 0. The maximum Gasteiger partial charge on any atom is 0.269 e. The van der Waals surface area contributed by atoms with E-state index in [-0.39, 0.29) is 30.0 Å². The van der Waals surface area contributed by atoms with Crippen molar-refractivity contribution in [3.63, 3.8) is 0 Å². The Morgan fingerprint density at radius 3 is 2.75 bits per heavy atom. The van der Waals surface area contributed by atoms with Crippen LogP contribution < -0.4 is 10.9 Å². The van der Waals surface area contributed by atoms with E-state index in [9.17, 15) is 9.59 Å². The number of carbonyl (C=O) groups excluding carboxylic acids is 1. The van der Waals surface area contributed by atoms with Gasteiger partial charge >= 0.3 is 0 Å². The minimum absolute atomic E-state index is 0.0174. The van der Waals surface area contributed by atoms with Gasteiger partial charge in [-0.15, -0.1) is 11.3 Å². The first-order chi connectivity index (χ1) is 11.6. The maximum atomic E-state index is 12.5. The Kier molecular flexibility index (Phi) is 4.76. The minimum Gasteiger partial charge on any atom is -0.347 e. The van der Waals surface area contributed by atoms with Crippen molar-refractivity contribution in [1.29, 1.82) is 0 Å². The molecule has 24 heavy (non-hydrogen) atoms. The second-order valence-corrected chi connectivity index (χ2v) is 6.96. The largest absolute Gasteiger partial charge is 0.347 e. The molecule has 1 atom stereocenters. The van der Waals surface area contributed by atoms with E-state index in [0.29, 0.717) is 11.0 Å². The number of nitrogens with one attached hydrogen (secondary N) is 1. The molecule has 1 N–H and O–H groups in total. The summed E-state index contributed by atoms with van der Waals surface area (Å²) in [5.41, 5.74) is 1.09. The predicted molar refractivity (Wildman–Crippen MR) is 96.0 cm³/mol. The average Bonchev–Trinajstić information content (AvgIpc) is 3.09. The molecule has 5 nitrogen and oxygen atoms in total. The molecule has 3 rings (SSSR count). The van der Waals surface area contributed by atoms with Gasteiger partial charge in [-0.05, 0) is 29.5 Å². The Morgan fingerprint density at radius 2 is 2.04 bits per heavy atom. The zero-order chi connectivity index (χ0) is 17.1. The minimum atomic E-state index is -0.277. The van der Waals surface area contributed by atoms with Crippen molar-refractivity contribution in [2.24, 2.45) is 5.92 Å². The molecule has 0 aliphatic rings. The first-order valence-corrected chi connectivity index (χ1v) is 8.71. The Balaban J connectivity index is 1.85. The molecule has 0 saturated heterocycles. The van der Waals surface area contributed by atoms with Gasteiger partial charge < -0.3 is 5.32 Å². The molecule has 0 fully saturated rings. The van der Waals surface area contributed by atoms with Gasteiger partial charge in [0.05, 0.1) is 23.3 Å². The SMILES string of the molecule is CC(C)C(NC(=O)Cn1c(=O)cnc2ccccc21)c1cccs1. The molecule has 2 aromatic heterocycles. The molecule has 0 radical (unpaired) electrons. The Labute approximate surface area is 144 Å². The van der Waals surface area contributed by atoms with Gasteiger partial charge in [-0.3, -0.25) is 14.2 Å². The summed E-state index contributed by atoms with van der Waals surface area (Å²) in [4.78, 5) is 29.9. The monoisotopic (exact) mass is 341 g/mol. The van der Waals surface area contributed by atoms with Crippen LogP contribution in [0.1, 0.15) is 24.8 Å². The molecule has 0 saturated carbocycles. The number of amides is 1. The summed E-state index contributed by atoms with van der Waals surface area (Å²) in [6, 6.07) is 11.3. The number of aromatic nitrogens is 2. The molecular formula is C18H19N3O2S. The lowest BCUT2D eigenvalue weighted by atomic mass is 10.0. The maximum absolute atomic E-state index is 12.5. The van der Waals surface area contributed by atoms with Gasteiger partial charge in [0.2, 0.25) is 5.91 Å². The fourth-order valence-electron chi connectivity index (χ4n) is 2.68. The third kappa shape index (κ3) is 3.38. The normalized spacial score (nSPS) is 12.5. The highest BCUT2D eigenvalue weighted by Crippen LogP contribution is 2.25. The third-order valence-corrected chi connectivity index (χ3v) is 4.84. The van der Waals surface area contributed by atoms with E-state index in [4.69, 9.17) is 0 Å². The molecule has 0 bridgehead atoms. The van der Waals surface area contributed by atoms with Gasteiger partial charge in [-0.2, -0.15) is 0 Å². The number of hydrogen-bond donors (Lipinski definition) is 1. The zero-order valence-corrected chi connectivity index (χ0v) is 14.4. The van der Waals surface area contributed by atoms with E-state index in [2.05, 4.69) is 24.1 Å². The molecule has 0 aliphatic heterocycles. The van der Waals surface area contributed by atoms with Crippen LogP contribution in [0.3, 0.4) is 0 Å². The van der Waals surface area contributed by atoms with E-state index in [1.165, 1.54) is 10.8 Å². The van der Waals surface area contributed by atoms with Crippen molar-refractivity contribution in [2.75, 3.05) is 0 Å². The van der Waals surface area contributed by atoms with E-state index in [1.54, 1.807) is 17.4 Å². The van der Waals surface area contributed by atoms with Crippen molar-refractivity contribution < 1.29 is 4.79 Å². The van der Waals surface area contributed by atoms with Crippen LogP contribution in [0.4, 0.5) is 0 Å². The first kappa shape index (κ1) is 16.4. The fourth-order valence-corrected chi connectivity index (χ4v) is 3.62. The summed E-state index contributed by atoms with van der Waals surface area (Å²) in [5, 5.41) is 5.05. The Morgan fingerprint density at radius 1 is 1.25 bits per heavy atom. The third-order valence-electron chi connectivity index (χ3n) is 3.89. The van der Waals surface area contributed by atoms with E-state index in [1.807, 2.05) is 35.7 Å². The summed E-state index contributed by atoms with van der Waals surface area (Å²) in [5.74, 6) is 0.0825. The smallest absolute Gasteiger partial charge is 0.269 e. The highest BCUT2D eigenvalue weighted by molar-refractivity contribution is 7.10. The molecule has 6 heteroatoms. The first-order valence-electron chi connectivity index (χ1n) is 7.83. The lowest BCUT2D eigenvalue weighted by molar-refractivity contribution is -0.122. The molecule has 124 valence electrons. The average molecular weight is 341 g/mol. The summed E-state index contributed by atoms with van der Waals surface area (Å²) in [6.07, 6.45) is 1.26. The van der Waals surface area contributed by atoms with Crippen LogP contribution in [0.2, 0.25) is 0 Å². The second-order valence-electron chi connectivity index (χ2n) is 5.98. The Hall–Kier alpha value is -2.47. The van der Waals surface area contributed by atoms with Gasteiger partial charge in [-0.1, -0.05) is 32.0 Å². The van der Waals surface area contributed by atoms with Crippen LogP contribution in [-0.2, 0) is 11.3 Å². The number of fused-ring (bicyclic) bond motifs is 1. The van der Waals surface area contributed by atoms with Crippen molar-refractivity contribution in [3.05, 3.63) is 63.2 Å². The number of benzene rings is 1. The van der Waals surface area contributed by atoms with Crippen LogP contribution in [-0.4, -0.2) is 15.5 Å². The number of para-hydroxylation sites is 2. The number of carbonyl (C=O) groups is 1. The standard InChI is InChI=1S/C18H19N3O2S/c1-12(2)18(15-8-5-9-24-15)20-16(22)11-21-14-7-4-3-6-13(14)19-10-17(21)23/h3-10,12,18H,11H2,1-2H3,(H,20,22). The lowest BCUT2D eigenvalue weighted by Gasteiger charge is -2.21. The predicted octanol–water partition coefficient (Wildman–Crippen LogP) is 2.97. The van der Waals surface area contributed by atoms with Gasteiger partial charge in [0.25, 0.3) is 5.56 Å². The molecule has 1 aromatic carbocycles. The van der Waals surface area contributed by atoms with Gasteiger partial charge in [0.1, 0.15) is 6.54 Å². The second kappa shape index (κ2) is 6.97. The fraction of sp³-hybridized carbons (Fsp3) is 0.278. The van der Waals surface area contributed by atoms with Crippen LogP contribution in [0.5, 0.6) is 0 Å². The molecule has 1 unspecified atom stereocenters.